The number of rotatable bonds is 8. The molecule has 0 fully saturated rings. The molecule has 0 bridgehead atoms. The van der Waals surface area contributed by atoms with Crippen molar-refractivity contribution in [2.45, 2.75) is 19.4 Å². The fraction of sp³-hybridized carbons (Fsp3) is 0.500. The Labute approximate surface area is 124 Å². The monoisotopic (exact) mass is 300 g/mol. The first-order valence-electron chi connectivity index (χ1n) is 6.51. The SMILES string of the molecule is COCCNC(=O)C(C)Oc1c(Cl)cccc1CCN. The van der Waals surface area contributed by atoms with Crippen molar-refractivity contribution in [2.75, 3.05) is 26.8 Å². The molecule has 0 spiro atoms. The number of nitrogens with one attached hydrogen (secondary N) is 1. The van der Waals surface area contributed by atoms with Crippen LogP contribution in [0.4, 0.5) is 0 Å². The molecule has 1 aromatic rings. The summed E-state index contributed by atoms with van der Waals surface area (Å²) in [7, 11) is 1.58. The number of carbonyl (C=O) groups is 1. The minimum atomic E-state index is -0.636. The fourth-order valence-electron chi connectivity index (χ4n) is 1.69. The van der Waals surface area contributed by atoms with E-state index in [4.69, 9.17) is 26.8 Å². The van der Waals surface area contributed by atoms with Crippen molar-refractivity contribution in [3.05, 3.63) is 28.8 Å². The van der Waals surface area contributed by atoms with Crippen molar-refractivity contribution in [1.82, 2.24) is 5.32 Å². The summed E-state index contributed by atoms with van der Waals surface area (Å²) in [5.41, 5.74) is 6.46. The van der Waals surface area contributed by atoms with Gasteiger partial charge in [-0.3, -0.25) is 4.79 Å². The number of nitrogens with two attached hydrogens (primary N) is 1. The molecule has 112 valence electrons. The fourth-order valence-corrected chi connectivity index (χ4v) is 1.93. The van der Waals surface area contributed by atoms with Gasteiger partial charge in [-0.1, -0.05) is 23.7 Å². The smallest absolute Gasteiger partial charge is 0.260 e. The van der Waals surface area contributed by atoms with Crippen LogP contribution in [0.2, 0.25) is 5.02 Å². The summed E-state index contributed by atoms with van der Waals surface area (Å²) in [6.07, 6.45) is 0.0109. The van der Waals surface area contributed by atoms with Gasteiger partial charge in [0.1, 0.15) is 5.75 Å². The van der Waals surface area contributed by atoms with Crippen molar-refractivity contribution in [2.24, 2.45) is 5.73 Å². The van der Waals surface area contributed by atoms with Gasteiger partial charge in [0.15, 0.2) is 6.10 Å². The maximum atomic E-state index is 11.8. The molecule has 3 N–H and O–H groups in total. The number of para-hydroxylation sites is 1. The number of hydrogen-bond acceptors (Lipinski definition) is 4. The van der Waals surface area contributed by atoms with E-state index in [0.717, 1.165) is 5.56 Å². The molecule has 1 amide bonds. The molecule has 0 radical (unpaired) electrons. The van der Waals surface area contributed by atoms with Crippen LogP contribution in [-0.4, -0.2) is 38.8 Å². The molecular formula is C14H21ClN2O3. The van der Waals surface area contributed by atoms with Crippen molar-refractivity contribution in [1.29, 1.82) is 0 Å². The molecule has 5 nitrogen and oxygen atoms in total. The third-order valence-electron chi connectivity index (χ3n) is 2.73. The third kappa shape index (κ3) is 5.00. The molecule has 0 aliphatic rings. The largest absolute Gasteiger partial charge is 0.479 e. The first kappa shape index (κ1) is 16.8. The molecule has 0 aromatic heterocycles. The summed E-state index contributed by atoms with van der Waals surface area (Å²) in [6.45, 7) is 3.08. The molecule has 1 atom stereocenters. The van der Waals surface area contributed by atoms with Gasteiger partial charge in [-0.2, -0.15) is 0 Å². The highest BCUT2D eigenvalue weighted by Gasteiger charge is 2.17. The summed E-state index contributed by atoms with van der Waals surface area (Å²) < 4.78 is 10.6. The van der Waals surface area contributed by atoms with E-state index >= 15 is 0 Å². The number of hydrogen-bond donors (Lipinski definition) is 2. The van der Waals surface area contributed by atoms with Gasteiger partial charge in [0.25, 0.3) is 5.91 Å². The lowest BCUT2D eigenvalue weighted by molar-refractivity contribution is -0.127. The Kier molecular flexibility index (Phi) is 7.36. The minimum absolute atomic E-state index is 0.208. The van der Waals surface area contributed by atoms with E-state index in [1.807, 2.05) is 12.1 Å². The maximum absolute atomic E-state index is 11.8. The highest BCUT2D eigenvalue weighted by molar-refractivity contribution is 6.32. The van der Waals surface area contributed by atoms with E-state index in [1.54, 1.807) is 20.1 Å². The zero-order chi connectivity index (χ0) is 15.0. The number of benzene rings is 1. The average Bonchev–Trinajstić information content (AvgIpc) is 2.43. The van der Waals surface area contributed by atoms with E-state index in [0.29, 0.717) is 36.9 Å². The van der Waals surface area contributed by atoms with Crippen LogP contribution < -0.4 is 15.8 Å². The zero-order valence-electron chi connectivity index (χ0n) is 11.8. The number of amides is 1. The number of carbonyl (C=O) groups excluding carboxylic acids is 1. The van der Waals surface area contributed by atoms with Gasteiger partial charge >= 0.3 is 0 Å². The van der Waals surface area contributed by atoms with Crippen LogP contribution in [0.5, 0.6) is 5.75 Å². The van der Waals surface area contributed by atoms with Crippen LogP contribution in [0.25, 0.3) is 0 Å². The van der Waals surface area contributed by atoms with Gasteiger partial charge in [-0.15, -0.1) is 0 Å². The molecule has 0 aliphatic heterocycles. The second-order valence-corrected chi connectivity index (χ2v) is 4.72. The van der Waals surface area contributed by atoms with Gasteiger partial charge in [0.2, 0.25) is 0 Å². The van der Waals surface area contributed by atoms with Crippen LogP contribution in [-0.2, 0) is 16.0 Å². The molecular weight excluding hydrogens is 280 g/mol. The topological polar surface area (TPSA) is 73.6 Å². The Morgan fingerprint density at radius 3 is 2.90 bits per heavy atom. The van der Waals surface area contributed by atoms with Gasteiger partial charge in [0.05, 0.1) is 11.6 Å². The highest BCUT2D eigenvalue weighted by Crippen LogP contribution is 2.29. The van der Waals surface area contributed by atoms with E-state index in [9.17, 15) is 4.79 Å². The zero-order valence-corrected chi connectivity index (χ0v) is 12.6. The Hall–Kier alpha value is -1.30. The molecule has 6 heteroatoms. The standard InChI is InChI=1S/C14H21ClN2O3/c1-10(14(18)17-8-9-19-2)20-13-11(6-7-16)4-3-5-12(13)15/h3-5,10H,6-9,16H2,1-2H3,(H,17,18). The van der Waals surface area contributed by atoms with Crippen molar-refractivity contribution < 1.29 is 14.3 Å². The van der Waals surface area contributed by atoms with Crippen molar-refractivity contribution >= 4 is 17.5 Å². The number of halogens is 1. The lowest BCUT2D eigenvalue weighted by Crippen LogP contribution is -2.38. The van der Waals surface area contributed by atoms with E-state index in [2.05, 4.69) is 5.32 Å². The number of methoxy groups -OCH3 is 1. The van der Waals surface area contributed by atoms with Crippen LogP contribution in [0.15, 0.2) is 18.2 Å². The predicted octanol–water partition coefficient (Wildman–Crippen LogP) is 1.37. The predicted molar refractivity (Wildman–Crippen MR) is 79.2 cm³/mol. The maximum Gasteiger partial charge on any atom is 0.260 e. The van der Waals surface area contributed by atoms with Gasteiger partial charge in [-0.25, -0.2) is 0 Å². The summed E-state index contributed by atoms with van der Waals surface area (Å²) in [5.74, 6) is 0.315. The highest BCUT2D eigenvalue weighted by atomic mass is 35.5. The Morgan fingerprint density at radius 1 is 1.50 bits per heavy atom. The second-order valence-electron chi connectivity index (χ2n) is 4.31. The van der Waals surface area contributed by atoms with Crippen molar-refractivity contribution in [3.8, 4) is 5.75 Å². The van der Waals surface area contributed by atoms with Crippen LogP contribution in [0.1, 0.15) is 12.5 Å². The average molecular weight is 301 g/mol. The lowest BCUT2D eigenvalue weighted by Gasteiger charge is -2.18. The quantitative estimate of drug-likeness (QED) is 0.711. The molecule has 1 unspecified atom stereocenters. The Balaban J connectivity index is 2.69. The van der Waals surface area contributed by atoms with Crippen LogP contribution >= 0.6 is 11.6 Å². The van der Waals surface area contributed by atoms with Gasteiger partial charge in [0, 0.05) is 13.7 Å². The van der Waals surface area contributed by atoms with Crippen LogP contribution in [0.3, 0.4) is 0 Å². The second kappa shape index (κ2) is 8.79. The number of ether oxygens (including phenoxy) is 2. The van der Waals surface area contributed by atoms with E-state index in [-0.39, 0.29) is 5.91 Å². The van der Waals surface area contributed by atoms with E-state index < -0.39 is 6.10 Å². The lowest BCUT2D eigenvalue weighted by atomic mass is 10.1. The molecule has 0 aliphatic carbocycles. The molecule has 0 heterocycles. The molecule has 1 aromatic carbocycles. The summed E-state index contributed by atoms with van der Waals surface area (Å²) in [5, 5.41) is 3.20. The summed E-state index contributed by atoms with van der Waals surface area (Å²) in [6, 6.07) is 5.46. The molecule has 0 saturated heterocycles. The summed E-state index contributed by atoms with van der Waals surface area (Å²) in [4.78, 5) is 11.8. The first-order valence-corrected chi connectivity index (χ1v) is 6.88. The van der Waals surface area contributed by atoms with Crippen molar-refractivity contribution in [3.63, 3.8) is 0 Å². The van der Waals surface area contributed by atoms with Crippen LogP contribution in [0, 0.1) is 0 Å². The van der Waals surface area contributed by atoms with Gasteiger partial charge < -0.3 is 20.5 Å². The molecule has 1 rings (SSSR count). The third-order valence-corrected chi connectivity index (χ3v) is 3.03. The Morgan fingerprint density at radius 2 is 2.25 bits per heavy atom. The van der Waals surface area contributed by atoms with Gasteiger partial charge in [-0.05, 0) is 31.5 Å². The first-order chi connectivity index (χ1) is 9.60. The van der Waals surface area contributed by atoms with E-state index in [1.165, 1.54) is 0 Å². The minimum Gasteiger partial charge on any atom is -0.479 e. The summed E-state index contributed by atoms with van der Waals surface area (Å²) >= 11 is 6.12. The normalized spacial score (nSPS) is 12.0. The molecule has 0 saturated carbocycles. The Bertz CT molecular complexity index is 440. The molecule has 20 heavy (non-hydrogen) atoms.